The summed E-state index contributed by atoms with van der Waals surface area (Å²) in [5.74, 6) is -2.19. The number of amides is 2. The average molecular weight is 383 g/mol. The van der Waals surface area contributed by atoms with Crippen LogP contribution >= 0.6 is 15.9 Å². The smallest absolute Gasteiger partial charge is 0.329 e. The maximum atomic E-state index is 12.4. The SMILES string of the molecule is CCC(C)(NC(=O)C1CC(=O)N(c2ccccc2Br)C1)C(=O)O. The van der Waals surface area contributed by atoms with Gasteiger partial charge in [0, 0.05) is 17.4 Å². The van der Waals surface area contributed by atoms with Crippen LogP contribution in [0.2, 0.25) is 0 Å². The number of rotatable bonds is 5. The first-order chi connectivity index (χ1) is 10.8. The van der Waals surface area contributed by atoms with Gasteiger partial charge < -0.3 is 15.3 Å². The lowest BCUT2D eigenvalue weighted by Crippen LogP contribution is -2.53. The average Bonchev–Trinajstić information content (AvgIpc) is 2.89. The molecule has 6 nitrogen and oxygen atoms in total. The number of hydrogen-bond acceptors (Lipinski definition) is 3. The third-order valence-corrected chi connectivity index (χ3v) is 4.89. The molecule has 1 heterocycles. The highest BCUT2D eigenvalue weighted by Crippen LogP contribution is 2.31. The van der Waals surface area contributed by atoms with Gasteiger partial charge in [-0.15, -0.1) is 0 Å². The van der Waals surface area contributed by atoms with Crippen LogP contribution in [-0.4, -0.2) is 35.0 Å². The Bertz CT molecular complexity index is 649. The lowest BCUT2D eigenvalue weighted by atomic mass is 9.97. The molecule has 2 N–H and O–H groups in total. The molecular weight excluding hydrogens is 364 g/mol. The predicted octanol–water partition coefficient (Wildman–Crippen LogP) is 2.17. The third kappa shape index (κ3) is 3.55. The molecule has 124 valence electrons. The zero-order valence-corrected chi connectivity index (χ0v) is 14.6. The fourth-order valence-corrected chi connectivity index (χ4v) is 2.95. The Hall–Kier alpha value is -1.89. The van der Waals surface area contributed by atoms with E-state index in [1.807, 2.05) is 18.2 Å². The predicted molar refractivity (Wildman–Crippen MR) is 89.1 cm³/mol. The van der Waals surface area contributed by atoms with E-state index in [0.717, 1.165) is 4.47 Å². The summed E-state index contributed by atoms with van der Waals surface area (Å²) >= 11 is 3.40. The molecule has 23 heavy (non-hydrogen) atoms. The van der Waals surface area contributed by atoms with Crippen LogP contribution in [0, 0.1) is 5.92 Å². The second-order valence-corrected chi connectivity index (χ2v) is 6.69. The minimum Gasteiger partial charge on any atom is -0.480 e. The normalized spacial score (nSPS) is 20.2. The van der Waals surface area contributed by atoms with Crippen molar-refractivity contribution >= 4 is 39.4 Å². The molecule has 2 amide bonds. The van der Waals surface area contributed by atoms with Crippen molar-refractivity contribution in [1.82, 2.24) is 5.32 Å². The standard InChI is InChI=1S/C16H19BrN2O4/c1-3-16(2,15(22)23)18-14(21)10-8-13(20)19(9-10)12-7-5-4-6-11(12)17/h4-7,10H,3,8-9H2,1-2H3,(H,18,21)(H,22,23). The highest BCUT2D eigenvalue weighted by molar-refractivity contribution is 9.10. The highest BCUT2D eigenvalue weighted by Gasteiger charge is 2.40. The van der Waals surface area contributed by atoms with Gasteiger partial charge in [0.15, 0.2) is 0 Å². The van der Waals surface area contributed by atoms with Gasteiger partial charge in [0.05, 0.1) is 11.6 Å². The Morgan fingerprint density at radius 1 is 1.43 bits per heavy atom. The summed E-state index contributed by atoms with van der Waals surface area (Å²) in [6.07, 6.45) is 0.343. The van der Waals surface area contributed by atoms with Crippen LogP contribution in [0.1, 0.15) is 26.7 Å². The number of carboxylic acid groups (broad SMARTS) is 1. The summed E-state index contributed by atoms with van der Waals surface area (Å²) < 4.78 is 0.776. The molecular formula is C16H19BrN2O4. The summed E-state index contributed by atoms with van der Waals surface area (Å²) in [5.41, 5.74) is -0.606. The van der Waals surface area contributed by atoms with E-state index in [2.05, 4.69) is 21.2 Å². The van der Waals surface area contributed by atoms with Gasteiger partial charge in [-0.25, -0.2) is 4.79 Å². The molecule has 1 saturated heterocycles. The van der Waals surface area contributed by atoms with Gasteiger partial charge in [-0.3, -0.25) is 9.59 Å². The molecule has 0 spiro atoms. The van der Waals surface area contributed by atoms with Crippen LogP contribution in [0.3, 0.4) is 0 Å². The number of aliphatic carboxylic acids is 1. The van der Waals surface area contributed by atoms with E-state index in [0.29, 0.717) is 5.69 Å². The largest absolute Gasteiger partial charge is 0.480 e. The Balaban J connectivity index is 2.12. The molecule has 1 aromatic rings. The van der Waals surface area contributed by atoms with Gasteiger partial charge in [0.2, 0.25) is 11.8 Å². The molecule has 0 aromatic heterocycles. The van der Waals surface area contributed by atoms with E-state index in [4.69, 9.17) is 0 Å². The molecule has 2 atom stereocenters. The summed E-state index contributed by atoms with van der Waals surface area (Å²) in [6, 6.07) is 7.29. The second kappa shape index (κ2) is 6.70. The van der Waals surface area contributed by atoms with E-state index < -0.39 is 23.3 Å². The maximum Gasteiger partial charge on any atom is 0.329 e. The van der Waals surface area contributed by atoms with Gasteiger partial charge >= 0.3 is 5.97 Å². The van der Waals surface area contributed by atoms with Crippen molar-refractivity contribution in [3.8, 4) is 0 Å². The number of hydrogen-bond donors (Lipinski definition) is 2. The fraction of sp³-hybridized carbons (Fsp3) is 0.438. The second-order valence-electron chi connectivity index (χ2n) is 5.84. The summed E-state index contributed by atoms with van der Waals surface area (Å²) in [5, 5.41) is 11.8. The lowest BCUT2D eigenvalue weighted by Gasteiger charge is -2.26. The molecule has 1 aromatic carbocycles. The molecule has 0 saturated carbocycles. The minimum atomic E-state index is -1.32. The van der Waals surface area contributed by atoms with Crippen molar-refractivity contribution in [1.29, 1.82) is 0 Å². The van der Waals surface area contributed by atoms with Gasteiger partial charge in [-0.05, 0) is 41.4 Å². The first kappa shape index (κ1) is 17.5. The number of carbonyl (C=O) groups is 3. The first-order valence-corrected chi connectivity index (χ1v) is 8.18. The topological polar surface area (TPSA) is 86.7 Å². The van der Waals surface area contributed by atoms with Gasteiger partial charge in [0.25, 0.3) is 0 Å². The lowest BCUT2D eigenvalue weighted by molar-refractivity contribution is -0.147. The number of anilines is 1. The zero-order valence-electron chi connectivity index (χ0n) is 13.0. The number of nitrogens with zero attached hydrogens (tertiary/aromatic N) is 1. The number of benzene rings is 1. The molecule has 2 rings (SSSR count). The van der Waals surface area contributed by atoms with E-state index in [-0.39, 0.29) is 25.3 Å². The van der Waals surface area contributed by atoms with Crippen molar-refractivity contribution in [2.45, 2.75) is 32.2 Å². The van der Waals surface area contributed by atoms with Crippen LogP contribution < -0.4 is 10.2 Å². The first-order valence-electron chi connectivity index (χ1n) is 7.39. The quantitative estimate of drug-likeness (QED) is 0.816. The number of halogens is 1. The van der Waals surface area contributed by atoms with Gasteiger partial charge in [0.1, 0.15) is 5.54 Å². The van der Waals surface area contributed by atoms with E-state index in [1.165, 1.54) is 6.92 Å². The number of carbonyl (C=O) groups excluding carboxylic acids is 2. The van der Waals surface area contributed by atoms with Crippen LogP contribution in [0.25, 0.3) is 0 Å². The van der Waals surface area contributed by atoms with Crippen molar-refractivity contribution in [2.75, 3.05) is 11.4 Å². The minimum absolute atomic E-state index is 0.0760. The van der Waals surface area contributed by atoms with Crippen LogP contribution in [0.4, 0.5) is 5.69 Å². The Morgan fingerprint density at radius 2 is 2.09 bits per heavy atom. The molecule has 2 unspecified atom stereocenters. The van der Waals surface area contributed by atoms with Crippen molar-refractivity contribution < 1.29 is 19.5 Å². The molecule has 1 aliphatic rings. The van der Waals surface area contributed by atoms with E-state index >= 15 is 0 Å². The molecule has 0 bridgehead atoms. The summed E-state index contributed by atoms with van der Waals surface area (Å²) in [7, 11) is 0. The Kier molecular flexibility index (Phi) is 5.09. The van der Waals surface area contributed by atoms with E-state index in [9.17, 15) is 19.5 Å². The molecule has 7 heteroatoms. The number of nitrogens with one attached hydrogen (secondary N) is 1. The number of carboxylic acids is 1. The van der Waals surface area contributed by atoms with Crippen LogP contribution in [0.15, 0.2) is 28.7 Å². The monoisotopic (exact) mass is 382 g/mol. The van der Waals surface area contributed by atoms with Crippen molar-refractivity contribution in [2.24, 2.45) is 5.92 Å². The van der Waals surface area contributed by atoms with Crippen LogP contribution in [0.5, 0.6) is 0 Å². The molecule has 1 fully saturated rings. The van der Waals surface area contributed by atoms with Gasteiger partial charge in [-0.1, -0.05) is 19.1 Å². The molecule has 0 radical (unpaired) electrons. The molecule has 1 aliphatic heterocycles. The Labute approximate surface area is 143 Å². The molecule has 0 aliphatic carbocycles. The Morgan fingerprint density at radius 3 is 2.65 bits per heavy atom. The van der Waals surface area contributed by atoms with Crippen molar-refractivity contribution in [3.63, 3.8) is 0 Å². The zero-order chi connectivity index (χ0) is 17.2. The fourth-order valence-electron chi connectivity index (χ4n) is 2.45. The van der Waals surface area contributed by atoms with Gasteiger partial charge in [-0.2, -0.15) is 0 Å². The summed E-state index contributed by atoms with van der Waals surface area (Å²) in [6.45, 7) is 3.41. The van der Waals surface area contributed by atoms with Crippen LogP contribution in [-0.2, 0) is 14.4 Å². The van der Waals surface area contributed by atoms with E-state index in [1.54, 1.807) is 17.9 Å². The summed E-state index contributed by atoms with van der Waals surface area (Å²) in [4.78, 5) is 37.4. The highest BCUT2D eigenvalue weighted by atomic mass is 79.9. The van der Waals surface area contributed by atoms with Crippen molar-refractivity contribution in [3.05, 3.63) is 28.7 Å². The number of para-hydroxylation sites is 1. The maximum absolute atomic E-state index is 12.4. The third-order valence-electron chi connectivity index (χ3n) is 4.22.